The van der Waals surface area contributed by atoms with Crippen LogP contribution in [0.25, 0.3) is 6.08 Å². The highest BCUT2D eigenvalue weighted by atomic mass is 16.3. The zero-order chi connectivity index (χ0) is 23.0. The van der Waals surface area contributed by atoms with Crippen LogP contribution in [0, 0.1) is 23.7 Å². The van der Waals surface area contributed by atoms with E-state index in [0.717, 1.165) is 0 Å². The van der Waals surface area contributed by atoms with Crippen molar-refractivity contribution in [3.8, 4) is 5.75 Å². The SMILES string of the molecule is C=Cc1ccc(O)c2c1[C@H](C)[C@@H]1C(C2=O)C(=O)[C@]2(O)C(=O)C(C(N)=O)C(=O)C[C@@H]2[C@H]1O. The average Bonchev–Trinajstić information content (AvgIpc) is 2.70. The third-order valence-electron chi connectivity index (χ3n) is 7.09. The summed E-state index contributed by atoms with van der Waals surface area (Å²) >= 11 is 0. The minimum absolute atomic E-state index is 0.139. The Hall–Kier alpha value is -3.17. The molecule has 9 heteroatoms. The number of fused-ring (bicyclic) bond motifs is 3. The van der Waals surface area contributed by atoms with E-state index in [0.29, 0.717) is 11.1 Å². The molecule has 0 saturated heterocycles. The summed E-state index contributed by atoms with van der Waals surface area (Å²) in [5.41, 5.74) is 3.00. The van der Waals surface area contributed by atoms with Gasteiger partial charge in [0.05, 0.1) is 17.6 Å². The van der Waals surface area contributed by atoms with Gasteiger partial charge in [0.15, 0.2) is 34.7 Å². The summed E-state index contributed by atoms with van der Waals surface area (Å²) in [4.78, 5) is 63.7. The van der Waals surface area contributed by atoms with E-state index in [1.165, 1.54) is 12.1 Å². The molecule has 0 aromatic heterocycles. The molecule has 162 valence electrons. The highest BCUT2D eigenvalue weighted by molar-refractivity contribution is 6.31. The average molecular weight is 427 g/mol. The highest BCUT2D eigenvalue weighted by Gasteiger charge is 2.69. The molecule has 0 spiro atoms. The third kappa shape index (κ3) is 2.47. The summed E-state index contributed by atoms with van der Waals surface area (Å²) in [5, 5.41) is 32.6. The maximum absolute atomic E-state index is 13.4. The minimum atomic E-state index is -2.91. The molecule has 4 rings (SSSR count). The van der Waals surface area contributed by atoms with Crippen LogP contribution in [0.2, 0.25) is 0 Å². The van der Waals surface area contributed by atoms with Gasteiger partial charge in [-0.05, 0) is 23.1 Å². The number of aliphatic hydroxyl groups excluding tert-OH is 1. The number of hydrogen-bond donors (Lipinski definition) is 4. The second kappa shape index (κ2) is 6.66. The van der Waals surface area contributed by atoms with Gasteiger partial charge >= 0.3 is 0 Å². The van der Waals surface area contributed by atoms with E-state index in [2.05, 4.69) is 6.58 Å². The second-order valence-corrected chi connectivity index (χ2v) is 8.47. The largest absolute Gasteiger partial charge is 0.507 e. The first-order valence-corrected chi connectivity index (χ1v) is 9.82. The lowest BCUT2D eigenvalue weighted by Crippen LogP contribution is -2.72. The number of carbonyl (C=O) groups excluding carboxylic acids is 5. The van der Waals surface area contributed by atoms with Crippen molar-refractivity contribution in [3.63, 3.8) is 0 Å². The van der Waals surface area contributed by atoms with E-state index >= 15 is 0 Å². The van der Waals surface area contributed by atoms with Gasteiger partial charge in [0.25, 0.3) is 0 Å². The van der Waals surface area contributed by atoms with Crippen LogP contribution < -0.4 is 5.73 Å². The van der Waals surface area contributed by atoms with Crippen molar-refractivity contribution in [1.82, 2.24) is 0 Å². The Morgan fingerprint density at radius 2 is 1.87 bits per heavy atom. The molecule has 3 aliphatic rings. The molecule has 3 aliphatic carbocycles. The number of phenolic OH excluding ortho intramolecular Hbond substituents is 1. The number of Topliss-reactive ketones (excluding diaryl/α,β-unsaturated/α-hetero) is 4. The number of nitrogens with two attached hydrogens (primary N) is 1. The van der Waals surface area contributed by atoms with Gasteiger partial charge in [0.1, 0.15) is 5.75 Å². The molecule has 1 aromatic rings. The van der Waals surface area contributed by atoms with Gasteiger partial charge in [-0.15, -0.1) is 0 Å². The zero-order valence-electron chi connectivity index (χ0n) is 16.6. The third-order valence-corrected chi connectivity index (χ3v) is 7.09. The molecule has 9 nitrogen and oxygen atoms in total. The van der Waals surface area contributed by atoms with E-state index in [9.17, 15) is 39.3 Å². The molecule has 1 amide bonds. The zero-order valence-corrected chi connectivity index (χ0v) is 16.6. The summed E-state index contributed by atoms with van der Waals surface area (Å²) in [6.45, 7) is 5.34. The quantitative estimate of drug-likeness (QED) is 0.457. The number of primary amides is 1. The van der Waals surface area contributed by atoms with Crippen molar-refractivity contribution >= 4 is 35.1 Å². The number of ketones is 4. The van der Waals surface area contributed by atoms with Crippen LogP contribution in [0.4, 0.5) is 0 Å². The van der Waals surface area contributed by atoms with Gasteiger partial charge in [-0.25, -0.2) is 0 Å². The Bertz CT molecular complexity index is 1090. The van der Waals surface area contributed by atoms with Crippen LogP contribution in [0.3, 0.4) is 0 Å². The van der Waals surface area contributed by atoms with E-state index < -0.39 is 76.8 Å². The molecular weight excluding hydrogens is 406 g/mol. The number of hydrogen-bond acceptors (Lipinski definition) is 8. The fourth-order valence-corrected chi connectivity index (χ4v) is 5.65. The summed E-state index contributed by atoms with van der Waals surface area (Å²) in [7, 11) is 0. The van der Waals surface area contributed by atoms with Gasteiger partial charge in [-0.2, -0.15) is 0 Å². The lowest BCUT2D eigenvalue weighted by atomic mass is 9.50. The van der Waals surface area contributed by atoms with Crippen molar-refractivity contribution in [2.24, 2.45) is 29.4 Å². The molecule has 0 heterocycles. The number of aliphatic hydroxyl groups is 2. The van der Waals surface area contributed by atoms with Crippen LogP contribution in [0.1, 0.15) is 40.7 Å². The first kappa shape index (κ1) is 21.1. The van der Waals surface area contributed by atoms with Gasteiger partial charge in [0.2, 0.25) is 5.91 Å². The van der Waals surface area contributed by atoms with Gasteiger partial charge in [-0.1, -0.05) is 25.6 Å². The predicted molar refractivity (Wildman–Crippen MR) is 105 cm³/mol. The Morgan fingerprint density at radius 1 is 1.23 bits per heavy atom. The van der Waals surface area contributed by atoms with Crippen molar-refractivity contribution in [2.75, 3.05) is 0 Å². The van der Waals surface area contributed by atoms with Crippen molar-refractivity contribution in [2.45, 2.75) is 31.0 Å². The Balaban J connectivity index is 1.93. The topological polar surface area (TPSA) is 172 Å². The molecule has 5 N–H and O–H groups in total. The van der Waals surface area contributed by atoms with Crippen molar-refractivity contribution < 1.29 is 39.3 Å². The fraction of sp³-hybridized carbons (Fsp3) is 0.409. The maximum Gasteiger partial charge on any atom is 0.235 e. The van der Waals surface area contributed by atoms with E-state index in [1.807, 2.05) is 0 Å². The highest BCUT2D eigenvalue weighted by Crippen LogP contribution is 2.54. The number of carbonyl (C=O) groups is 5. The van der Waals surface area contributed by atoms with Crippen molar-refractivity contribution in [1.29, 1.82) is 0 Å². The van der Waals surface area contributed by atoms with Crippen LogP contribution in [0.5, 0.6) is 5.75 Å². The molecule has 31 heavy (non-hydrogen) atoms. The number of rotatable bonds is 2. The van der Waals surface area contributed by atoms with Crippen LogP contribution >= 0.6 is 0 Å². The summed E-state index contributed by atoms with van der Waals surface area (Å²) in [6.07, 6.45) is -0.726. The molecule has 1 aromatic carbocycles. The summed E-state index contributed by atoms with van der Waals surface area (Å²) in [6, 6.07) is 2.82. The molecule has 0 bridgehead atoms. The molecule has 0 radical (unpaired) electrons. The maximum atomic E-state index is 13.4. The standard InChI is InChI=1S/C22H21NO8/c1-3-8-4-5-10(24)14-12(8)7(2)13-16(18(14)27)20(29)22(31)9(17(13)26)6-11(25)15(19(22)28)21(23)30/h3-5,7,9,13,15-17,24,26,31H,1,6H2,2H3,(H2,23,30)/t7-,9+,13+,15?,16?,17+,22+/m0/s1. The number of phenols is 1. The first-order chi connectivity index (χ1) is 14.5. The second-order valence-electron chi connectivity index (χ2n) is 8.47. The summed E-state index contributed by atoms with van der Waals surface area (Å²) in [5.74, 6) is -12.9. The molecular formula is C22H21NO8. The Kier molecular flexibility index (Phi) is 4.53. The normalized spacial score (nSPS) is 37.0. The smallest absolute Gasteiger partial charge is 0.235 e. The van der Waals surface area contributed by atoms with Gasteiger partial charge in [0, 0.05) is 18.3 Å². The van der Waals surface area contributed by atoms with Crippen LogP contribution in [-0.4, -0.2) is 56.1 Å². The summed E-state index contributed by atoms with van der Waals surface area (Å²) < 4.78 is 0. The van der Waals surface area contributed by atoms with E-state index in [1.54, 1.807) is 13.0 Å². The predicted octanol–water partition coefficient (Wildman–Crippen LogP) is -0.498. The Labute approximate surface area is 176 Å². The molecule has 2 saturated carbocycles. The Morgan fingerprint density at radius 3 is 2.45 bits per heavy atom. The number of amides is 1. The van der Waals surface area contributed by atoms with Gasteiger partial charge in [-0.3, -0.25) is 24.0 Å². The number of benzene rings is 1. The molecule has 0 aliphatic heterocycles. The molecule has 7 atom stereocenters. The molecule has 2 fully saturated rings. The van der Waals surface area contributed by atoms with Crippen LogP contribution in [0.15, 0.2) is 18.7 Å². The lowest BCUT2D eigenvalue weighted by molar-refractivity contribution is -0.189. The minimum Gasteiger partial charge on any atom is -0.507 e. The first-order valence-electron chi connectivity index (χ1n) is 9.82. The van der Waals surface area contributed by atoms with Crippen molar-refractivity contribution in [3.05, 3.63) is 35.4 Å². The molecule has 2 unspecified atom stereocenters. The van der Waals surface area contributed by atoms with E-state index in [4.69, 9.17) is 5.73 Å². The van der Waals surface area contributed by atoms with E-state index in [-0.39, 0.29) is 11.3 Å². The van der Waals surface area contributed by atoms with Crippen LogP contribution in [-0.2, 0) is 19.2 Å². The number of aromatic hydroxyl groups is 1. The lowest BCUT2D eigenvalue weighted by Gasteiger charge is -2.53. The fourth-order valence-electron chi connectivity index (χ4n) is 5.65. The monoisotopic (exact) mass is 427 g/mol. The van der Waals surface area contributed by atoms with Gasteiger partial charge < -0.3 is 21.1 Å².